The molecule has 1 aliphatic heterocycles. The van der Waals surface area contributed by atoms with Crippen molar-refractivity contribution in [3.05, 3.63) is 18.2 Å². The van der Waals surface area contributed by atoms with Gasteiger partial charge in [-0.15, -0.1) is 0 Å². The first-order valence-corrected chi connectivity index (χ1v) is 10.4. The highest BCUT2D eigenvalue weighted by atomic mass is 16.5. The minimum atomic E-state index is -0.167. The lowest BCUT2D eigenvalue weighted by atomic mass is 9.49. The maximum Gasteiger partial charge on any atom is 0.265 e. The van der Waals surface area contributed by atoms with Crippen LogP contribution in [0.5, 0.6) is 5.75 Å². The molecule has 5 aliphatic rings. The van der Waals surface area contributed by atoms with Crippen LogP contribution in [0, 0.1) is 23.2 Å². The smallest absolute Gasteiger partial charge is 0.265 e. The molecule has 0 unspecified atom stereocenters. The fourth-order valence-electron chi connectivity index (χ4n) is 6.40. The maximum absolute atomic E-state index is 13.3. The molecule has 4 aliphatic carbocycles. The van der Waals surface area contributed by atoms with E-state index in [1.54, 1.807) is 4.90 Å². The summed E-state index contributed by atoms with van der Waals surface area (Å²) in [5.41, 5.74) is 1.38. The zero-order valence-corrected chi connectivity index (χ0v) is 16.0. The van der Waals surface area contributed by atoms with E-state index in [4.69, 9.17) is 4.74 Å². The van der Waals surface area contributed by atoms with Gasteiger partial charge in [0, 0.05) is 12.2 Å². The molecule has 4 bridgehead atoms. The fourth-order valence-corrected chi connectivity index (χ4v) is 6.40. The van der Waals surface area contributed by atoms with Crippen LogP contribution in [0.1, 0.15) is 51.9 Å². The van der Waals surface area contributed by atoms with Crippen molar-refractivity contribution >= 4 is 23.2 Å². The van der Waals surface area contributed by atoms with Crippen LogP contribution in [0.3, 0.4) is 0 Å². The summed E-state index contributed by atoms with van der Waals surface area (Å²) in [5, 5.41) is 3.19. The largest absolute Gasteiger partial charge is 0.482 e. The predicted octanol–water partition coefficient (Wildman–Crippen LogP) is 3.98. The number of fused-ring (bicyclic) bond motifs is 1. The minimum Gasteiger partial charge on any atom is -0.482 e. The number of nitrogens with one attached hydrogen (secondary N) is 1. The lowest BCUT2D eigenvalue weighted by Gasteiger charge is -2.55. The van der Waals surface area contributed by atoms with E-state index < -0.39 is 0 Å². The van der Waals surface area contributed by atoms with Gasteiger partial charge in [0.05, 0.1) is 11.1 Å². The van der Waals surface area contributed by atoms with E-state index in [1.165, 1.54) is 19.3 Å². The van der Waals surface area contributed by atoms with Gasteiger partial charge in [-0.3, -0.25) is 9.59 Å². The van der Waals surface area contributed by atoms with Crippen molar-refractivity contribution in [3.8, 4) is 5.75 Å². The SMILES string of the molecule is CCCN1C(=O)COc2ccc(NC(=O)C34CC5CC(CC(C5)C3)C4)cc21. The first-order chi connectivity index (χ1) is 13.1. The van der Waals surface area contributed by atoms with Crippen molar-refractivity contribution in [2.45, 2.75) is 51.9 Å². The fraction of sp³-hybridized carbons (Fsp3) is 0.636. The Morgan fingerprint density at radius 3 is 2.48 bits per heavy atom. The van der Waals surface area contributed by atoms with Crippen LogP contribution >= 0.6 is 0 Å². The molecule has 0 radical (unpaired) electrons. The summed E-state index contributed by atoms with van der Waals surface area (Å²) in [6, 6.07) is 5.68. The Morgan fingerprint density at radius 1 is 1.19 bits per heavy atom. The number of nitrogens with zero attached hydrogens (tertiary/aromatic N) is 1. The van der Waals surface area contributed by atoms with E-state index in [1.807, 2.05) is 18.2 Å². The minimum absolute atomic E-state index is 0.0195. The molecule has 1 aromatic carbocycles. The molecule has 1 heterocycles. The highest BCUT2D eigenvalue weighted by Crippen LogP contribution is 2.60. The molecule has 0 saturated heterocycles. The molecule has 0 spiro atoms. The molecule has 4 saturated carbocycles. The topological polar surface area (TPSA) is 58.6 Å². The number of ether oxygens (including phenoxy) is 1. The van der Waals surface area contributed by atoms with Gasteiger partial charge in [-0.05, 0) is 80.9 Å². The lowest BCUT2D eigenvalue weighted by molar-refractivity contribution is -0.140. The highest BCUT2D eigenvalue weighted by molar-refractivity contribution is 6.00. The monoisotopic (exact) mass is 368 g/mol. The Balaban J connectivity index is 1.38. The van der Waals surface area contributed by atoms with Crippen molar-refractivity contribution in [3.63, 3.8) is 0 Å². The summed E-state index contributed by atoms with van der Waals surface area (Å²) < 4.78 is 5.57. The molecule has 5 heteroatoms. The second kappa shape index (κ2) is 6.25. The van der Waals surface area contributed by atoms with Gasteiger partial charge >= 0.3 is 0 Å². The Bertz CT molecular complexity index is 752. The molecular formula is C22H28N2O3. The standard InChI is InChI=1S/C22H28N2O3/c1-2-5-24-18-9-17(3-4-19(18)27-13-20(24)25)23-21(26)22-10-14-6-15(11-22)8-16(7-14)12-22/h3-4,9,14-16H,2,5-8,10-13H2,1H3,(H,23,26). The normalized spacial score (nSPS) is 33.6. The number of benzene rings is 1. The van der Waals surface area contributed by atoms with E-state index in [-0.39, 0.29) is 23.8 Å². The van der Waals surface area contributed by atoms with Crippen LogP contribution in [0.25, 0.3) is 0 Å². The second-order valence-corrected chi connectivity index (χ2v) is 9.17. The average molecular weight is 368 g/mol. The summed E-state index contributed by atoms with van der Waals surface area (Å²) in [7, 11) is 0. The maximum atomic E-state index is 13.3. The van der Waals surface area contributed by atoms with Gasteiger partial charge in [-0.2, -0.15) is 0 Å². The van der Waals surface area contributed by atoms with E-state index in [0.29, 0.717) is 6.54 Å². The first-order valence-electron chi connectivity index (χ1n) is 10.4. The zero-order valence-electron chi connectivity index (χ0n) is 16.0. The van der Waals surface area contributed by atoms with Gasteiger partial charge < -0.3 is 15.0 Å². The number of hydrogen-bond acceptors (Lipinski definition) is 3. The highest BCUT2D eigenvalue weighted by Gasteiger charge is 2.54. The summed E-state index contributed by atoms with van der Waals surface area (Å²) >= 11 is 0. The predicted molar refractivity (Wildman–Crippen MR) is 104 cm³/mol. The summed E-state index contributed by atoms with van der Waals surface area (Å²) in [6.45, 7) is 2.81. The molecule has 5 nitrogen and oxygen atoms in total. The van der Waals surface area contributed by atoms with E-state index in [0.717, 1.165) is 60.6 Å². The first kappa shape index (κ1) is 17.1. The molecule has 1 aromatic rings. The third kappa shape index (κ3) is 2.82. The number of carbonyl (C=O) groups excluding carboxylic acids is 2. The van der Waals surface area contributed by atoms with E-state index >= 15 is 0 Å². The van der Waals surface area contributed by atoms with Crippen molar-refractivity contribution in [2.24, 2.45) is 23.2 Å². The van der Waals surface area contributed by atoms with Gasteiger partial charge in [0.2, 0.25) is 5.91 Å². The van der Waals surface area contributed by atoms with Crippen LogP contribution in [-0.2, 0) is 9.59 Å². The number of amides is 2. The Kier molecular flexibility index (Phi) is 3.95. The summed E-state index contributed by atoms with van der Waals surface area (Å²) in [6.07, 6.45) is 8.04. The van der Waals surface area contributed by atoms with Crippen LogP contribution in [0.15, 0.2) is 18.2 Å². The average Bonchev–Trinajstić information content (AvgIpc) is 2.63. The van der Waals surface area contributed by atoms with Gasteiger partial charge in [-0.1, -0.05) is 6.92 Å². The number of hydrogen-bond donors (Lipinski definition) is 1. The van der Waals surface area contributed by atoms with Gasteiger partial charge in [0.1, 0.15) is 5.75 Å². The van der Waals surface area contributed by atoms with Gasteiger partial charge in [0.25, 0.3) is 5.91 Å². The molecular weight excluding hydrogens is 340 g/mol. The third-order valence-electron chi connectivity index (χ3n) is 7.13. The molecule has 144 valence electrons. The van der Waals surface area contributed by atoms with E-state index in [2.05, 4.69) is 12.2 Å². The van der Waals surface area contributed by atoms with Crippen LogP contribution in [-0.4, -0.2) is 25.0 Å². The molecule has 0 aromatic heterocycles. The molecule has 0 atom stereocenters. The number of carbonyl (C=O) groups is 2. The Morgan fingerprint density at radius 2 is 1.85 bits per heavy atom. The van der Waals surface area contributed by atoms with Crippen LogP contribution in [0.2, 0.25) is 0 Å². The molecule has 6 rings (SSSR count). The van der Waals surface area contributed by atoms with Crippen molar-refractivity contribution in [2.75, 3.05) is 23.4 Å². The Hall–Kier alpha value is -2.04. The molecule has 4 fully saturated rings. The van der Waals surface area contributed by atoms with Crippen LogP contribution in [0.4, 0.5) is 11.4 Å². The number of rotatable bonds is 4. The lowest BCUT2D eigenvalue weighted by Crippen LogP contribution is -2.51. The van der Waals surface area contributed by atoms with Gasteiger partial charge in [-0.25, -0.2) is 0 Å². The van der Waals surface area contributed by atoms with E-state index in [9.17, 15) is 9.59 Å². The van der Waals surface area contributed by atoms with Crippen LogP contribution < -0.4 is 15.0 Å². The Labute approximate surface area is 160 Å². The third-order valence-corrected chi connectivity index (χ3v) is 7.13. The molecule has 2 amide bonds. The van der Waals surface area contributed by atoms with Crippen molar-refractivity contribution < 1.29 is 14.3 Å². The summed E-state index contributed by atoms with van der Waals surface area (Å²) in [4.78, 5) is 27.3. The second-order valence-electron chi connectivity index (χ2n) is 9.17. The number of anilines is 2. The quantitative estimate of drug-likeness (QED) is 0.875. The van der Waals surface area contributed by atoms with Gasteiger partial charge in [0.15, 0.2) is 6.61 Å². The molecule has 27 heavy (non-hydrogen) atoms. The summed E-state index contributed by atoms with van der Waals surface area (Å²) in [5.74, 6) is 3.13. The molecule has 1 N–H and O–H groups in total. The zero-order chi connectivity index (χ0) is 18.6. The van der Waals surface area contributed by atoms with Crippen molar-refractivity contribution in [1.82, 2.24) is 0 Å². The van der Waals surface area contributed by atoms with Crippen molar-refractivity contribution in [1.29, 1.82) is 0 Å².